The van der Waals surface area contributed by atoms with E-state index in [4.69, 9.17) is 0 Å². The van der Waals surface area contributed by atoms with Crippen molar-refractivity contribution in [3.8, 4) is 0 Å². The second-order valence-electron chi connectivity index (χ2n) is 6.71. The third kappa shape index (κ3) is 6.79. The molecule has 1 aliphatic heterocycles. The minimum atomic E-state index is -4.07. The number of benzene rings is 1. The Balaban J connectivity index is 1.68. The van der Waals surface area contributed by atoms with Gasteiger partial charge in [0.15, 0.2) is 0 Å². The highest BCUT2D eigenvalue weighted by molar-refractivity contribution is 5.17. The minimum absolute atomic E-state index is 0.0957. The Bertz CT molecular complexity index is 473. The van der Waals surface area contributed by atoms with Crippen molar-refractivity contribution in [1.29, 1.82) is 0 Å². The molecular formula is C18H27F3N2O. The fraction of sp³-hybridized carbons (Fsp3) is 0.667. The number of halogens is 3. The highest BCUT2D eigenvalue weighted by atomic mass is 19.4. The van der Waals surface area contributed by atoms with Crippen molar-refractivity contribution in [2.75, 3.05) is 19.6 Å². The van der Waals surface area contributed by atoms with Crippen LogP contribution in [0.15, 0.2) is 30.3 Å². The molecule has 0 aromatic heterocycles. The van der Waals surface area contributed by atoms with Crippen LogP contribution in [0, 0.1) is 0 Å². The maximum absolute atomic E-state index is 12.3. The van der Waals surface area contributed by atoms with E-state index in [-0.39, 0.29) is 12.6 Å². The Hall–Kier alpha value is -1.11. The standard InChI is InChI=1S/C18H27F3N2O/c1-14(13-17(24)15-5-3-2-4-6-15)22-16-7-10-23(11-8-16)12-9-18(19,20)21/h2-6,14,16-17,22,24H,7-13H2,1H3. The molecule has 1 aliphatic rings. The van der Waals surface area contributed by atoms with Crippen molar-refractivity contribution in [1.82, 2.24) is 10.2 Å². The van der Waals surface area contributed by atoms with Crippen LogP contribution in [-0.4, -0.2) is 47.9 Å². The van der Waals surface area contributed by atoms with Gasteiger partial charge in [-0.3, -0.25) is 0 Å². The van der Waals surface area contributed by atoms with Crippen molar-refractivity contribution >= 4 is 0 Å². The Kier molecular flexibility index (Phi) is 7.07. The second-order valence-corrected chi connectivity index (χ2v) is 6.71. The summed E-state index contributed by atoms with van der Waals surface area (Å²) in [6, 6.07) is 10.0. The first kappa shape index (κ1) is 19.2. The van der Waals surface area contributed by atoms with Crippen molar-refractivity contribution < 1.29 is 18.3 Å². The molecule has 0 amide bonds. The number of rotatable bonds is 7. The van der Waals surface area contributed by atoms with Crippen LogP contribution in [0.1, 0.15) is 44.3 Å². The molecule has 0 bridgehead atoms. The predicted molar refractivity (Wildman–Crippen MR) is 88.8 cm³/mol. The molecule has 24 heavy (non-hydrogen) atoms. The lowest BCUT2D eigenvalue weighted by Gasteiger charge is -2.34. The molecular weight excluding hydrogens is 317 g/mol. The van der Waals surface area contributed by atoms with E-state index in [0.29, 0.717) is 25.6 Å². The quantitative estimate of drug-likeness (QED) is 0.795. The van der Waals surface area contributed by atoms with E-state index >= 15 is 0 Å². The third-order valence-corrected chi connectivity index (χ3v) is 4.58. The summed E-state index contributed by atoms with van der Waals surface area (Å²) in [6.07, 6.45) is -2.98. The van der Waals surface area contributed by atoms with Gasteiger partial charge in [-0.15, -0.1) is 0 Å². The lowest BCUT2D eigenvalue weighted by Crippen LogP contribution is -2.46. The number of aliphatic hydroxyl groups excluding tert-OH is 1. The first-order chi connectivity index (χ1) is 11.3. The Morgan fingerprint density at radius 2 is 1.83 bits per heavy atom. The lowest BCUT2D eigenvalue weighted by atomic mass is 9.99. The van der Waals surface area contributed by atoms with E-state index in [0.717, 1.165) is 18.4 Å². The molecule has 1 saturated heterocycles. The van der Waals surface area contributed by atoms with E-state index < -0.39 is 18.7 Å². The molecule has 0 radical (unpaired) electrons. The number of likely N-dealkylation sites (tertiary alicyclic amines) is 1. The number of nitrogens with zero attached hydrogens (tertiary/aromatic N) is 1. The van der Waals surface area contributed by atoms with Crippen molar-refractivity contribution in [2.45, 2.75) is 57.0 Å². The predicted octanol–water partition coefficient (Wildman–Crippen LogP) is 3.51. The van der Waals surface area contributed by atoms with Gasteiger partial charge in [0.05, 0.1) is 12.5 Å². The first-order valence-electron chi connectivity index (χ1n) is 8.61. The summed E-state index contributed by atoms with van der Waals surface area (Å²) in [6.45, 7) is 3.53. The molecule has 6 heteroatoms. The van der Waals surface area contributed by atoms with Crippen LogP contribution in [-0.2, 0) is 0 Å². The minimum Gasteiger partial charge on any atom is -0.388 e. The summed E-state index contributed by atoms with van der Waals surface area (Å²) in [5, 5.41) is 13.8. The van der Waals surface area contributed by atoms with Gasteiger partial charge in [0, 0.05) is 18.6 Å². The van der Waals surface area contributed by atoms with E-state index in [1.54, 1.807) is 0 Å². The van der Waals surface area contributed by atoms with Crippen LogP contribution < -0.4 is 5.32 Å². The van der Waals surface area contributed by atoms with Gasteiger partial charge in [0.2, 0.25) is 0 Å². The van der Waals surface area contributed by atoms with E-state index in [1.807, 2.05) is 42.2 Å². The summed E-state index contributed by atoms with van der Waals surface area (Å²) >= 11 is 0. The van der Waals surface area contributed by atoms with Gasteiger partial charge in [-0.25, -0.2) is 0 Å². The molecule has 1 aromatic rings. The van der Waals surface area contributed by atoms with Crippen LogP contribution in [0.3, 0.4) is 0 Å². The van der Waals surface area contributed by atoms with Gasteiger partial charge < -0.3 is 15.3 Å². The van der Waals surface area contributed by atoms with Crippen molar-refractivity contribution in [3.05, 3.63) is 35.9 Å². The summed E-state index contributed by atoms with van der Waals surface area (Å²) < 4.78 is 36.8. The molecule has 0 spiro atoms. The first-order valence-corrected chi connectivity index (χ1v) is 8.61. The molecule has 1 heterocycles. The summed E-state index contributed by atoms with van der Waals surface area (Å²) in [5.74, 6) is 0. The molecule has 3 nitrogen and oxygen atoms in total. The maximum atomic E-state index is 12.3. The molecule has 1 aromatic carbocycles. The van der Waals surface area contributed by atoms with Gasteiger partial charge >= 0.3 is 6.18 Å². The summed E-state index contributed by atoms with van der Waals surface area (Å²) in [5.41, 5.74) is 0.910. The normalized spacial score (nSPS) is 20.0. The zero-order valence-corrected chi connectivity index (χ0v) is 14.1. The van der Waals surface area contributed by atoms with Gasteiger partial charge in [0.25, 0.3) is 0 Å². The van der Waals surface area contributed by atoms with Crippen molar-refractivity contribution in [2.24, 2.45) is 0 Å². The molecule has 2 N–H and O–H groups in total. The second kappa shape index (κ2) is 8.83. The summed E-state index contributed by atoms with van der Waals surface area (Å²) in [7, 11) is 0. The van der Waals surface area contributed by atoms with Crippen LogP contribution in [0.4, 0.5) is 13.2 Å². The highest BCUT2D eigenvalue weighted by Crippen LogP contribution is 2.22. The molecule has 2 unspecified atom stereocenters. The van der Waals surface area contributed by atoms with E-state index in [2.05, 4.69) is 5.32 Å². The maximum Gasteiger partial charge on any atom is 0.390 e. The summed E-state index contributed by atoms with van der Waals surface area (Å²) in [4.78, 5) is 1.88. The van der Waals surface area contributed by atoms with Gasteiger partial charge in [-0.05, 0) is 44.8 Å². The SMILES string of the molecule is CC(CC(O)c1ccccc1)NC1CCN(CCC(F)(F)F)CC1. The third-order valence-electron chi connectivity index (χ3n) is 4.58. The zero-order valence-electron chi connectivity index (χ0n) is 14.1. The smallest absolute Gasteiger partial charge is 0.388 e. The zero-order chi connectivity index (χ0) is 17.6. The highest BCUT2D eigenvalue weighted by Gasteiger charge is 2.29. The van der Waals surface area contributed by atoms with E-state index in [1.165, 1.54) is 0 Å². The number of hydrogen-bond acceptors (Lipinski definition) is 3. The number of aliphatic hydroxyl groups is 1. The fourth-order valence-corrected chi connectivity index (χ4v) is 3.22. The average molecular weight is 344 g/mol. The average Bonchev–Trinajstić information content (AvgIpc) is 2.54. The molecule has 136 valence electrons. The monoisotopic (exact) mass is 344 g/mol. The van der Waals surface area contributed by atoms with Crippen LogP contribution in [0.25, 0.3) is 0 Å². The Labute approximate surface area is 141 Å². The van der Waals surface area contributed by atoms with Gasteiger partial charge in [0.1, 0.15) is 0 Å². The molecule has 1 fully saturated rings. The Morgan fingerprint density at radius 3 is 2.42 bits per heavy atom. The number of alkyl halides is 3. The largest absolute Gasteiger partial charge is 0.390 e. The topological polar surface area (TPSA) is 35.5 Å². The van der Waals surface area contributed by atoms with Gasteiger partial charge in [-0.1, -0.05) is 30.3 Å². The number of nitrogens with one attached hydrogen (secondary N) is 1. The molecule has 2 rings (SSSR count). The molecule has 2 atom stereocenters. The van der Waals surface area contributed by atoms with Gasteiger partial charge in [-0.2, -0.15) is 13.2 Å². The molecule has 0 aliphatic carbocycles. The van der Waals surface area contributed by atoms with Crippen molar-refractivity contribution in [3.63, 3.8) is 0 Å². The lowest BCUT2D eigenvalue weighted by molar-refractivity contribution is -0.138. The fourth-order valence-electron chi connectivity index (χ4n) is 3.22. The number of hydrogen-bond donors (Lipinski definition) is 2. The van der Waals surface area contributed by atoms with E-state index in [9.17, 15) is 18.3 Å². The van der Waals surface area contributed by atoms with Crippen LogP contribution in [0.2, 0.25) is 0 Å². The Morgan fingerprint density at radius 1 is 1.21 bits per heavy atom. The van der Waals surface area contributed by atoms with Crippen LogP contribution >= 0.6 is 0 Å². The van der Waals surface area contributed by atoms with Crippen LogP contribution in [0.5, 0.6) is 0 Å². The number of piperidine rings is 1. The molecule has 0 saturated carbocycles.